The Kier molecular flexibility index (Phi) is 4.32. The average Bonchev–Trinajstić information content (AvgIpc) is 2.58. The monoisotopic (exact) mass is 372 g/mol. The molecule has 4 aliphatic carbocycles. The van der Waals surface area contributed by atoms with Crippen molar-refractivity contribution in [3.05, 3.63) is 33.9 Å². The van der Waals surface area contributed by atoms with Crippen molar-refractivity contribution in [1.82, 2.24) is 5.32 Å². The number of benzene rings is 1. The van der Waals surface area contributed by atoms with Crippen molar-refractivity contribution in [3.8, 4) is 11.5 Å². The van der Waals surface area contributed by atoms with Crippen LogP contribution in [0.1, 0.15) is 44.1 Å². The zero-order chi connectivity index (χ0) is 19.2. The first kappa shape index (κ1) is 17.8. The highest BCUT2D eigenvalue weighted by Crippen LogP contribution is 2.55. The second-order valence-corrected chi connectivity index (χ2v) is 8.37. The lowest BCUT2D eigenvalue weighted by molar-refractivity contribution is -0.386. The lowest BCUT2D eigenvalue weighted by Crippen LogP contribution is -2.59. The second kappa shape index (κ2) is 6.55. The molecule has 0 saturated heterocycles. The van der Waals surface area contributed by atoms with E-state index in [0.717, 1.165) is 37.0 Å². The predicted octanol–water partition coefficient (Wildman–Crippen LogP) is 3.41. The maximum absolute atomic E-state index is 12.5. The highest BCUT2D eigenvalue weighted by Gasteiger charge is 2.51. The van der Waals surface area contributed by atoms with Gasteiger partial charge in [-0.15, -0.1) is 0 Å². The van der Waals surface area contributed by atoms with E-state index in [1.165, 1.54) is 50.7 Å². The summed E-state index contributed by atoms with van der Waals surface area (Å²) in [7, 11) is 1.33. The summed E-state index contributed by atoms with van der Waals surface area (Å²) in [5.74, 6) is 1.54. The van der Waals surface area contributed by atoms with Gasteiger partial charge in [-0.2, -0.15) is 0 Å². The van der Waals surface area contributed by atoms with Crippen molar-refractivity contribution in [3.63, 3.8) is 0 Å². The number of ether oxygens (including phenoxy) is 1. The molecule has 0 spiro atoms. The quantitative estimate of drug-likeness (QED) is 0.468. The highest BCUT2D eigenvalue weighted by atomic mass is 16.6. The van der Waals surface area contributed by atoms with Gasteiger partial charge >= 0.3 is 5.69 Å². The van der Waals surface area contributed by atoms with E-state index in [1.807, 2.05) is 0 Å². The fourth-order valence-electron chi connectivity index (χ4n) is 5.74. The highest BCUT2D eigenvalue weighted by molar-refractivity contribution is 5.92. The standard InChI is InChI=1S/C20H24N2O5/c1-27-17-8-12(7-16(19(17)24)22(25)26)2-3-18(23)21-20-9-13-4-14(10-20)6-15(5-13)11-20/h2-3,7-8,13-15,24H,4-6,9-11H2,1H3,(H,21,23)/b3-2+. The summed E-state index contributed by atoms with van der Waals surface area (Å²) in [6.45, 7) is 0. The molecule has 27 heavy (non-hydrogen) atoms. The molecule has 144 valence electrons. The van der Waals surface area contributed by atoms with Gasteiger partial charge in [0, 0.05) is 17.7 Å². The number of rotatable bonds is 5. The molecule has 5 rings (SSSR count). The van der Waals surface area contributed by atoms with Gasteiger partial charge in [-0.3, -0.25) is 14.9 Å². The van der Waals surface area contributed by atoms with Crippen molar-refractivity contribution in [2.75, 3.05) is 7.11 Å². The predicted molar refractivity (Wildman–Crippen MR) is 99.4 cm³/mol. The first-order valence-electron chi connectivity index (χ1n) is 9.43. The third kappa shape index (κ3) is 3.38. The Morgan fingerprint density at radius 1 is 1.26 bits per heavy atom. The number of phenols is 1. The number of nitrogens with zero attached hydrogens (tertiary/aromatic N) is 1. The molecule has 0 unspecified atom stereocenters. The number of phenolic OH excluding ortho intramolecular Hbond substituents is 1. The molecule has 1 aromatic carbocycles. The number of hydrogen-bond acceptors (Lipinski definition) is 5. The van der Waals surface area contributed by atoms with Crippen LogP contribution in [0, 0.1) is 27.9 Å². The van der Waals surface area contributed by atoms with Gasteiger partial charge in [0.15, 0.2) is 5.75 Å². The number of nitro groups is 1. The van der Waals surface area contributed by atoms with Gasteiger partial charge < -0.3 is 15.2 Å². The second-order valence-electron chi connectivity index (χ2n) is 8.37. The zero-order valence-corrected chi connectivity index (χ0v) is 15.3. The van der Waals surface area contributed by atoms with Crippen molar-refractivity contribution in [2.24, 2.45) is 17.8 Å². The van der Waals surface area contributed by atoms with Gasteiger partial charge in [0.1, 0.15) is 0 Å². The van der Waals surface area contributed by atoms with Crippen LogP contribution in [0.2, 0.25) is 0 Å². The first-order valence-corrected chi connectivity index (χ1v) is 9.43. The summed E-state index contributed by atoms with van der Waals surface area (Å²) in [6, 6.07) is 2.70. The summed E-state index contributed by atoms with van der Waals surface area (Å²) >= 11 is 0. The van der Waals surface area contributed by atoms with Gasteiger partial charge in [-0.05, 0) is 74.0 Å². The summed E-state index contributed by atoms with van der Waals surface area (Å²) in [5, 5.41) is 24.1. The lowest BCUT2D eigenvalue weighted by Gasteiger charge is -2.56. The van der Waals surface area contributed by atoms with E-state index in [0.29, 0.717) is 5.56 Å². The Hall–Kier alpha value is -2.57. The van der Waals surface area contributed by atoms with Gasteiger partial charge in [-0.25, -0.2) is 0 Å². The maximum Gasteiger partial charge on any atom is 0.315 e. The molecule has 0 radical (unpaired) electrons. The topological polar surface area (TPSA) is 102 Å². The molecule has 4 bridgehead atoms. The number of amides is 1. The Morgan fingerprint density at radius 2 is 1.85 bits per heavy atom. The van der Waals surface area contributed by atoms with Crippen molar-refractivity contribution in [2.45, 2.75) is 44.1 Å². The number of methoxy groups -OCH3 is 1. The van der Waals surface area contributed by atoms with Crippen molar-refractivity contribution in [1.29, 1.82) is 0 Å². The van der Waals surface area contributed by atoms with E-state index in [-0.39, 0.29) is 17.2 Å². The van der Waals surface area contributed by atoms with Gasteiger partial charge in [0.05, 0.1) is 12.0 Å². The minimum atomic E-state index is -0.676. The van der Waals surface area contributed by atoms with Crippen LogP contribution in [0.5, 0.6) is 11.5 Å². The fraction of sp³-hybridized carbons (Fsp3) is 0.550. The van der Waals surface area contributed by atoms with E-state index >= 15 is 0 Å². The largest absolute Gasteiger partial charge is 0.500 e. The molecule has 4 saturated carbocycles. The first-order chi connectivity index (χ1) is 12.9. The Bertz CT molecular complexity index is 782. The molecule has 1 aromatic rings. The van der Waals surface area contributed by atoms with Crippen LogP contribution < -0.4 is 10.1 Å². The zero-order valence-electron chi connectivity index (χ0n) is 15.3. The number of carbonyl (C=O) groups is 1. The summed E-state index contributed by atoms with van der Waals surface area (Å²) < 4.78 is 4.99. The van der Waals surface area contributed by atoms with Crippen LogP contribution in [0.15, 0.2) is 18.2 Å². The molecule has 0 aliphatic heterocycles. The molecule has 7 heteroatoms. The fourth-order valence-corrected chi connectivity index (χ4v) is 5.74. The Morgan fingerprint density at radius 3 is 2.37 bits per heavy atom. The summed E-state index contributed by atoms with van der Waals surface area (Å²) in [5.41, 5.74) is -0.0954. The molecule has 0 heterocycles. The molecule has 0 aromatic heterocycles. The lowest BCUT2D eigenvalue weighted by atomic mass is 9.53. The van der Waals surface area contributed by atoms with Gasteiger partial charge in [0.2, 0.25) is 11.7 Å². The smallest absolute Gasteiger partial charge is 0.315 e. The van der Waals surface area contributed by atoms with E-state index in [2.05, 4.69) is 5.32 Å². The molecule has 4 fully saturated rings. The van der Waals surface area contributed by atoms with Crippen molar-refractivity contribution >= 4 is 17.7 Å². The van der Waals surface area contributed by atoms with E-state index in [1.54, 1.807) is 0 Å². The third-order valence-electron chi connectivity index (χ3n) is 6.35. The number of aromatic hydroxyl groups is 1. The van der Waals surface area contributed by atoms with Crippen LogP contribution in [-0.4, -0.2) is 28.6 Å². The number of carbonyl (C=O) groups excluding carboxylic acids is 1. The summed E-state index contributed by atoms with van der Waals surface area (Å²) in [4.78, 5) is 22.9. The Balaban J connectivity index is 1.49. The molecular weight excluding hydrogens is 348 g/mol. The van der Waals surface area contributed by atoms with Crippen molar-refractivity contribution < 1.29 is 19.6 Å². The SMILES string of the molecule is COc1cc(/C=C/C(=O)NC23CC4CC(CC(C4)C2)C3)cc([N+](=O)[O-])c1O. The number of nitro benzene ring substituents is 1. The number of nitrogens with one attached hydrogen (secondary N) is 1. The van der Waals surface area contributed by atoms with Gasteiger partial charge in [-0.1, -0.05) is 0 Å². The van der Waals surface area contributed by atoms with Crippen LogP contribution in [0.3, 0.4) is 0 Å². The molecule has 1 amide bonds. The summed E-state index contributed by atoms with van der Waals surface area (Å²) in [6.07, 6.45) is 10.1. The third-order valence-corrected chi connectivity index (χ3v) is 6.35. The maximum atomic E-state index is 12.5. The van der Waals surface area contributed by atoms with Crippen LogP contribution >= 0.6 is 0 Å². The average molecular weight is 372 g/mol. The number of hydrogen-bond donors (Lipinski definition) is 2. The minimum absolute atomic E-state index is 0.00495. The molecule has 2 N–H and O–H groups in total. The molecule has 4 aliphatic rings. The molecule has 0 atom stereocenters. The van der Waals surface area contributed by atoms with Crippen LogP contribution in [0.25, 0.3) is 6.08 Å². The molecule has 7 nitrogen and oxygen atoms in total. The molecular formula is C20H24N2O5. The van der Waals surface area contributed by atoms with E-state index < -0.39 is 16.4 Å². The van der Waals surface area contributed by atoms with Crippen LogP contribution in [-0.2, 0) is 4.79 Å². The Labute approximate surface area is 157 Å². The normalized spacial score (nSPS) is 31.2. The minimum Gasteiger partial charge on any atom is -0.500 e. The van der Waals surface area contributed by atoms with Gasteiger partial charge in [0.25, 0.3) is 0 Å². The van der Waals surface area contributed by atoms with E-state index in [4.69, 9.17) is 4.74 Å². The van der Waals surface area contributed by atoms with E-state index in [9.17, 15) is 20.0 Å². The van der Waals surface area contributed by atoms with Crippen LogP contribution in [0.4, 0.5) is 5.69 Å².